The zero-order valence-electron chi connectivity index (χ0n) is 15.1. The van der Waals surface area contributed by atoms with E-state index in [1.807, 2.05) is 0 Å². The van der Waals surface area contributed by atoms with Crippen molar-refractivity contribution in [3.8, 4) is 0 Å². The van der Waals surface area contributed by atoms with E-state index in [0.29, 0.717) is 12.1 Å². The van der Waals surface area contributed by atoms with Gasteiger partial charge in [0.05, 0.1) is 15.4 Å². The number of nitrogens with zero attached hydrogens (tertiary/aromatic N) is 2. The smallest absolute Gasteiger partial charge is 0.323 e. The fourth-order valence-corrected chi connectivity index (χ4v) is 4.08. The first kappa shape index (κ1) is 22.7. The van der Waals surface area contributed by atoms with E-state index in [-0.39, 0.29) is 22.7 Å². The van der Waals surface area contributed by atoms with Crippen molar-refractivity contribution in [3.05, 3.63) is 69.5 Å². The van der Waals surface area contributed by atoms with Crippen LogP contribution in [0.1, 0.15) is 24.1 Å². The molecule has 2 rings (SSSR count). The third-order valence-corrected chi connectivity index (χ3v) is 6.07. The van der Waals surface area contributed by atoms with Crippen molar-refractivity contribution in [1.29, 1.82) is 0 Å². The standard InChI is InChI=1S/C17H17F4N3O4S/c1-2-23(29(27,28)15-5-3-14(4-6-15)24(25)26)10-16(22)11-7-12(17(19,20)21)9-13(18)8-11/h3-9,16H,2,10,22H2,1H3/t16-/m0/s1. The molecule has 0 aromatic heterocycles. The summed E-state index contributed by atoms with van der Waals surface area (Å²) in [5.41, 5.74) is 4.11. The van der Waals surface area contributed by atoms with E-state index >= 15 is 0 Å². The predicted molar refractivity (Wildman–Crippen MR) is 95.9 cm³/mol. The molecular formula is C17H17F4N3O4S. The highest BCUT2D eigenvalue weighted by Crippen LogP contribution is 2.32. The van der Waals surface area contributed by atoms with Crippen LogP contribution in [0.4, 0.5) is 23.2 Å². The maximum Gasteiger partial charge on any atom is 0.416 e. The van der Waals surface area contributed by atoms with Crippen molar-refractivity contribution < 1.29 is 30.9 Å². The van der Waals surface area contributed by atoms with Gasteiger partial charge >= 0.3 is 6.18 Å². The van der Waals surface area contributed by atoms with Gasteiger partial charge in [-0.3, -0.25) is 10.1 Å². The molecular weight excluding hydrogens is 418 g/mol. The first-order valence-corrected chi connectivity index (χ1v) is 9.68. The van der Waals surface area contributed by atoms with Crippen molar-refractivity contribution >= 4 is 15.7 Å². The van der Waals surface area contributed by atoms with Crippen LogP contribution in [0.3, 0.4) is 0 Å². The van der Waals surface area contributed by atoms with Gasteiger partial charge in [-0.1, -0.05) is 6.92 Å². The van der Waals surface area contributed by atoms with Gasteiger partial charge in [-0.2, -0.15) is 17.5 Å². The van der Waals surface area contributed by atoms with Gasteiger partial charge in [0.2, 0.25) is 10.0 Å². The number of likely N-dealkylation sites (N-methyl/N-ethyl adjacent to an activating group) is 1. The highest BCUT2D eigenvalue weighted by atomic mass is 32.2. The van der Waals surface area contributed by atoms with Crippen LogP contribution >= 0.6 is 0 Å². The fourth-order valence-electron chi connectivity index (χ4n) is 2.60. The van der Waals surface area contributed by atoms with Crippen molar-refractivity contribution in [1.82, 2.24) is 4.31 Å². The zero-order chi connectivity index (χ0) is 22.0. The van der Waals surface area contributed by atoms with E-state index in [1.54, 1.807) is 0 Å². The number of sulfonamides is 1. The molecule has 0 bridgehead atoms. The van der Waals surface area contributed by atoms with Gasteiger partial charge in [-0.25, -0.2) is 12.8 Å². The molecule has 158 valence electrons. The van der Waals surface area contributed by atoms with E-state index < -0.39 is 45.1 Å². The highest BCUT2D eigenvalue weighted by molar-refractivity contribution is 7.89. The number of non-ortho nitro benzene ring substituents is 1. The lowest BCUT2D eigenvalue weighted by atomic mass is 10.0. The first-order chi connectivity index (χ1) is 13.4. The Morgan fingerprint density at radius 1 is 1.17 bits per heavy atom. The van der Waals surface area contributed by atoms with Gasteiger partial charge in [0.25, 0.3) is 5.69 Å². The summed E-state index contributed by atoms with van der Waals surface area (Å²) in [6.07, 6.45) is -4.79. The van der Waals surface area contributed by atoms with Crippen molar-refractivity contribution in [3.63, 3.8) is 0 Å². The van der Waals surface area contributed by atoms with Crippen molar-refractivity contribution in [2.24, 2.45) is 5.73 Å². The Hall–Kier alpha value is -2.57. The number of alkyl halides is 3. The van der Waals surface area contributed by atoms with E-state index in [1.165, 1.54) is 6.92 Å². The average Bonchev–Trinajstić information content (AvgIpc) is 2.64. The van der Waals surface area contributed by atoms with Gasteiger partial charge < -0.3 is 5.73 Å². The molecule has 0 heterocycles. The van der Waals surface area contributed by atoms with Crippen molar-refractivity contribution in [2.75, 3.05) is 13.1 Å². The lowest BCUT2D eigenvalue weighted by Crippen LogP contribution is -2.37. The monoisotopic (exact) mass is 435 g/mol. The summed E-state index contributed by atoms with van der Waals surface area (Å²) in [4.78, 5) is 9.77. The molecule has 0 saturated heterocycles. The second-order valence-corrected chi connectivity index (χ2v) is 8.02. The second-order valence-electron chi connectivity index (χ2n) is 6.08. The number of nitrogens with two attached hydrogens (primary N) is 1. The molecule has 0 aliphatic carbocycles. The third-order valence-electron chi connectivity index (χ3n) is 4.11. The van der Waals surface area contributed by atoms with Crippen molar-refractivity contribution in [2.45, 2.75) is 24.0 Å². The summed E-state index contributed by atoms with van der Waals surface area (Å²) in [6, 6.07) is 4.69. The van der Waals surface area contributed by atoms with Crippen LogP contribution in [0.5, 0.6) is 0 Å². The Kier molecular flexibility index (Phi) is 6.60. The lowest BCUT2D eigenvalue weighted by molar-refractivity contribution is -0.384. The molecule has 7 nitrogen and oxygen atoms in total. The maximum absolute atomic E-state index is 13.6. The Balaban J connectivity index is 2.31. The van der Waals surface area contributed by atoms with Gasteiger partial charge in [0, 0.05) is 31.3 Å². The van der Waals surface area contributed by atoms with Crippen LogP contribution < -0.4 is 5.73 Å². The minimum absolute atomic E-state index is 0.0749. The molecule has 2 N–H and O–H groups in total. The summed E-state index contributed by atoms with van der Waals surface area (Å²) in [5, 5.41) is 10.7. The summed E-state index contributed by atoms with van der Waals surface area (Å²) < 4.78 is 78.6. The summed E-state index contributed by atoms with van der Waals surface area (Å²) in [5.74, 6) is -1.15. The number of nitro benzene ring substituents is 1. The summed E-state index contributed by atoms with van der Waals surface area (Å²) in [7, 11) is -4.13. The Bertz CT molecular complexity index is 995. The Labute approximate surface area is 163 Å². The number of hydrogen-bond acceptors (Lipinski definition) is 5. The molecule has 29 heavy (non-hydrogen) atoms. The zero-order valence-corrected chi connectivity index (χ0v) is 15.9. The van der Waals surface area contributed by atoms with E-state index in [9.17, 15) is 36.1 Å². The predicted octanol–water partition coefficient (Wildman–Crippen LogP) is 3.46. The van der Waals surface area contributed by atoms with Crippen LogP contribution in [0, 0.1) is 15.9 Å². The van der Waals surface area contributed by atoms with Gasteiger partial charge in [0.15, 0.2) is 0 Å². The van der Waals surface area contributed by atoms with Gasteiger partial charge in [0.1, 0.15) is 5.82 Å². The molecule has 0 radical (unpaired) electrons. The molecule has 1 atom stereocenters. The highest BCUT2D eigenvalue weighted by Gasteiger charge is 2.32. The van der Waals surface area contributed by atoms with Crippen LogP contribution in [-0.2, 0) is 16.2 Å². The van der Waals surface area contributed by atoms with Crippen LogP contribution in [0.2, 0.25) is 0 Å². The molecule has 2 aromatic carbocycles. The number of benzene rings is 2. The SMILES string of the molecule is CCN(C[C@H](N)c1cc(F)cc(C(F)(F)F)c1)S(=O)(=O)c1ccc([N+](=O)[O-])cc1. The maximum atomic E-state index is 13.6. The Morgan fingerprint density at radius 2 is 1.76 bits per heavy atom. The molecule has 0 aliphatic rings. The normalized spacial score (nSPS) is 13.5. The van der Waals surface area contributed by atoms with E-state index in [2.05, 4.69) is 0 Å². The number of nitro groups is 1. The molecule has 0 saturated carbocycles. The number of halogens is 4. The van der Waals surface area contributed by atoms with Crippen LogP contribution in [0.15, 0.2) is 47.4 Å². The quantitative estimate of drug-likeness (QED) is 0.407. The molecule has 0 aliphatic heterocycles. The van der Waals surface area contributed by atoms with Gasteiger partial charge in [-0.05, 0) is 35.9 Å². The fraction of sp³-hybridized carbons (Fsp3) is 0.294. The molecule has 0 spiro atoms. The summed E-state index contributed by atoms with van der Waals surface area (Å²) in [6.45, 7) is 0.993. The summed E-state index contributed by atoms with van der Waals surface area (Å²) >= 11 is 0. The minimum atomic E-state index is -4.79. The minimum Gasteiger partial charge on any atom is -0.323 e. The Morgan fingerprint density at radius 3 is 2.24 bits per heavy atom. The molecule has 0 amide bonds. The van der Waals surface area contributed by atoms with E-state index in [4.69, 9.17) is 5.73 Å². The van der Waals surface area contributed by atoms with E-state index in [0.717, 1.165) is 34.6 Å². The molecule has 2 aromatic rings. The molecule has 0 unspecified atom stereocenters. The number of hydrogen-bond donors (Lipinski definition) is 1. The van der Waals surface area contributed by atoms with Crippen LogP contribution in [0.25, 0.3) is 0 Å². The third kappa shape index (κ3) is 5.28. The number of rotatable bonds is 7. The second kappa shape index (κ2) is 8.43. The topological polar surface area (TPSA) is 107 Å². The largest absolute Gasteiger partial charge is 0.416 e. The lowest BCUT2D eigenvalue weighted by Gasteiger charge is -2.24. The molecule has 0 fully saturated rings. The van der Waals surface area contributed by atoms with Crippen LogP contribution in [-0.4, -0.2) is 30.7 Å². The van der Waals surface area contributed by atoms with Gasteiger partial charge in [-0.15, -0.1) is 0 Å². The molecule has 12 heteroatoms. The first-order valence-electron chi connectivity index (χ1n) is 8.24. The average molecular weight is 435 g/mol.